The number of hydrogen-bond acceptors (Lipinski definition) is 2. The van der Waals surface area contributed by atoms with E-state index in [2.05, 4.69) is 12.2 Å². The summed E-state index contributed by atoms with van der Waals surface area (Å²) < 4.78 is 0. The number of carbonyl (C=O) groups excluding carboxylic acids is 2. The molecule has 1 saturated carbocycles. The number of fused-ring (bicyclic) bond motifs is 1. The van der Waals surface area contributed by atoms with Crippen molar-refractivity contribution in [2.45, 2.75) is 51.0 Å². The van der Waals surface area contributed by atoms with Gasteiger partial charge in [-0.15, -0.1) is 0 Å². The number of nitrogens with zero attached hydrogens (tertiary/aromatic N) is 1. The quantitative estimate of drug-likeness (QED) is 0.514. The lowest BCUT2D eigenvalue weighted by molar-refractivity contribution is -0.143. The lowest BCUT2D eigenvalue weighted by Crippen LogP contribution is -2.41. The molecule has 92 valence electrons. The van der Waals surface area contributed by atoms with Crippen LogP contribution in [-0.2, 0) is 9.59 Å². The number of carbonyl (C=O) groups is 2. The first-order chi connectivity index (χ1) is 8.29. The predicted molar refractivity (Wildman–Crippen MR) is 64.1 cm³/mol. The maximum atomic E-state index is 12.3. The van der Waals surface area contributed by atoms with Crippen LogP contribution in [0.4, 0.5) is 0 Å². The molecule has 2 aliphatic carbocycles. The summed E-state index contributed by atoms with van der Waals surface area (Å²) in [5.74, 6) is 0.122. The highest BCUT2D eigenvalue weighted by Gasteiger charge is 2.49. The normalized spacial score (nSPS) is 34.2. The van der Waals surface area contributed by atoms with Crippen LogP contribution in [0, 0.1) is 11.8 Å². The summed E-state index contributed by atoms with van der Waals surface area (Å²) in [5, 5.41) is 0. The Labute approximate surface area is 102 Å². The van der Waals surface area contributed by atoms with E-state index in [4.69, 9.17) is 0 Å². The molecule has 1 saturated heterocycles. The minimum absolute atomic E-state index is 0.0468. The van der Waals surface area contributed by atoms with Gasteiger partial charge in [0.15, 0.2) is 0 Å². The molecule has 3 aliphatic rings. The second-order valence-electron chi connectivity index (χ2n) is 5.49. The van der Waals surface area contributed by atoms with Gasteiger partial charge >= 0.3 is 0 Å². The van der Waals surface area contributed by atoms with Crippen molar-refractivity contribution in [2.75, 3.05) is 0 Å². The summed E-state index contributed by atoms with van der Waals surface area (Å²) in [6.07, 6.45) is 11.2. The van der Waals surface area contributed by atoms with E-state index in [1.54, 1.807) is 4.90 Å². The lowest BCUT2D eigenvalue weighted by Gasteiger charge is -2.29. The molecular weight excluding hydrogens is 214 g/mol. The highest BCUT2D eigenvalue weighted by molar-refractivity contribution is 6.05. The van der Waals surface area contributed by atoms with Crippen molar-refractivity contribution in [3.8, 4) is 0 Å². The largest absolute Gasteiger partial charge is 0.279 e. The van der Waals surface area contributed by atoms with Crippen molar-refractivity contribution in [1.29, 1.82) is 0 Å². The highest BCUT2D eigenvalue weighted by atomic mass is 16.2. The fourth-order valence-corrected chi connectivity index (χ4v) is 3.53. The molecule has 3 rings (SSSR count). The van der Waals surface area contributed by atoms with Crippen LogP contribution in [0.3, 0.4) is 0 Å². The molecular formula is C14H19NO2. The van der Waals surface area contributed by atoms with Crippen LogP contribution in [0.1, 0.15) is 44.9 Å². The average Bonchev–Trinajstić information content (AvgIpc) is 2.64. The van der Waals surface area contributed by atoms with E-state index in [1.807, 2.05) is 0 Å². The second kappa shape index (κ2) is 4.28. The first kappa shape index (κ1) is 11.0. The maximum Gasteiger partial charge on any atom is 0.233 e. The SMILES string of the molecule is O=C1[C@H]2CC=CC[C@H]2C(=O)N1C1CCCCC1. The zero-order chi connectivity index (χ0) is 11.8. The van der Waals surface area contributed by atoms with Gasteiger partial charge in [-0.1, -0.05) is 31.4 Å². The monoisotopic (exact) mass is 233 g/mol. The number of rotatable bonds is 1. The third-order valence-electron chi connectivity index (χ3n) is 4.48. The van der Waals surface area contributed by atoms with Gasteiger partial charge in [-0.25, -0.2) is 0 Å². The van der Waals surface area contributed by atoms with Gasteiger partial charge in [-0.2, -0.15) is 0 Å². The van der Waals surface area contributed by atoms with Gasteiger partial charge < -0.3 is 0 Å². The molecule has 0 bridgehead atoms. The smallest absolute Gasteiger partial charge is 0.233 e. The standard InChI is InChI=1S/C14H19NO2/c16-13-11-8-4-5-9-12(11)14(17)15(13)10-6-2-1-3-7-10/h4-5,10-12H,1-3,6-9H2/t11-,12+. The zero-order valence-electron chi connectivity index (χ0n) is 10.1. The van der Waals surface area contributed by atoms with E-state index in [9.17, 15) is 9.59 Å². The van der Waals surface area contributed by atoms with Gasteiger partial charge in [0.25, 0.3) is 0 Å². The fraction of sp³-hybridized carbons (Fsp3) is 0.714. The Morgan fingerprint density at radius 2 is 1.41 bits per heavy atom. The average molecular weight is 233 g/mol. The van der Waals surface area contributed by atoms with Crippen LogP contribution in [-0.4, -0.2) is 22.8 Å². The molecule has 1 heterocycles. The van der Waals surface area contributed by atoms with Gasteiger partial charge in [0.05, 0.1) is 11.8 Å². The van der Waals surface area contributed by atoms with Crippen molar-refractivity contribution in [2.24, 2.45) is 11.8 Å². The van der Waals surface area contributed by atoms with Gasteiger partial charge in [0.2, 0.25) is 11.8 Å². The summed E-state index contributed by atoms with van der Waals surface area (Å²) in [5.41, 5.74) is 0. The Morgan fingerprint density at radius 1 is 0.882 bits per heavy atom. The van der Waals surface area contributed by atoms with E-state index in [-0.39, 0.29) is 29.7 Å². The number of likely N-dealkylation sites (tertiary alicyclic amines) is 1. The lowest BCUT2D eigenvalue weighted by atomic mass is 9.85. The maximum absolute atomic E-state index is 12.3. The van der Waals surface area contributed by atoms with Crippen molar-refractivity contribution >= 4 is 11.8 Å². The Kier molecular flexibility index (Phi) is 2.77. The van der Waals surface area contributed by atoms with Crippen molar-refractivity contribution < 1.29 is 9.59 Å². The molecule has 0 N–H and O–H groups in total. The van der Waals surface area contributed by atoms with E-state index in [1.165, 1.54) is 6.42 Å². The summed E-state index contributed by atoms with van der Waals surface area (Å²) >= 11 is 0. The second-order valence-corrected chi connectivity index (χ2v) is 5.49. The van der Waals surface area contributed by atoms with Gasteiger partial charge in [-0.3, -0.25) is 14.5 Å². The number of allylic oxidation sites excluding steroid dienone is 2. The minimum atomic E-state index is -0.0468. The third-order valence-corrected chi connectivity index (χ3v) is 4.48. The molecule has 2 fully saturated rings. The van der Waals surface area contributed by atoms with E-state index in [0.717, 1.165) is 38.5 Å². The van der Waals surface area contributed by atoms with Gasteiger partial charge in [-0.05, 0) is 25.7 Å². The Hall–Kier alpha value is -1.12. The molecule has 0 radical (unpaired) electrons. The highest BCUT2D eigenvalue weighted by Crippen LogP contribution is 2.38. The Balaban J connectivity index is 1.81. The molecule has 1 aliphatic heterocycles. The molecule has 3 nitrogen and oxygen atoms in total. The third kappa shape index (κ3) is 1.72. The van der Waals surface area contributed by atoms with Crippen LogP contribution >= 0.6 is 0 Å². The Bertz CT molecular complexity index is 342. The Morgan fingerprint density at radius 3 is 1.94 bits per heavy atom. The van der Waals surface area contributed by atoms with Crippen LogP contribution in [0.25, 0.3) is 0 Å². The molecule has 0 aromatic carbocycles. The fourth-order valence-electron chi connectivity index (χ4n) is 3.53. The topological polar surface area (TPSA) is 37.4 Å². The summed E-state index contributed by atoms with van der Waals surface area (Å²) in [6, 6.07) is 0.203. The van der Waals surface area contributed by atoms with Crippen LogP contribution < -0.4 is 0 Å². The van der Waals surface area contributed by atoms with Crippen molar-refractivity contribution in [1.82, 2.24) is 4.90 Å². The van der Waals surface area contributed by atoms with E-state index in [0.29, 0.717) is 0 Å². The molecule has 0 spiro atoms. The van der Waals surface area contributed by atoms with E-state index < -0.39 is 0 Å². The molecule has 0 unspecified atom stereocenters. The van der Waals surface area contributed by atoms with Gasteiger partial charge in [0, 0.05) is 6.04 Å². The van der Waals surface area contributed by atoms with E-state index >= 15 is 0 Å². The molecule has 2 atom stereocenters. The minimum Gasteiger partial charge on any atom is -0.279 e. The number of amides is 2. The molecule has 3 heteroatoms. The van der Waals surface area contributed by atoms with Gasteiger partial charge in [0.1, 0.15) is 0 Å². The van der Waals surface area contributed by atoms with Crippen LogP contribution in [0.15, 0.2) is 12.2 Å². The van der Waals surface area contributed by atoms with Crippen molar-refractivity contribution in [3.05, 3.63) is 12.2 Å². The first-order valence-corrected chi connectivity index (χ1v) is 6.81. The summed E-state index contributed by atoms with van der Waals surface area (Å²) in [6.45, 7) is 0. The van der Waals surface area contributed by atoms with Crippen LogP contribution in [0.2, 0.25) is 0 Å². The zero-order valence-corrected chi connectivity index (χ0v) is 10.1. The molecule has 0 aromatic rings. The summed E-state index contributed by atoms with van der Waals surface area (Å²) in [7, 11) is 0. The molecule has 17 heavy (non-hydrogen) atoms. The van der Waals surface area contributed by atoms with Crippen molar-refractivity contribution in [3.63, 3.8) is 0 Å². The summed E-state index contributed by atoms with van der Waals surface area (Å²) in [4.78, 5) is 26.3. The number of hydrogen-bond donors (Lipinski definition) is 0. The number of imide groups is 1. The molecule has 0 aromatic heterocycles. The first-order valence-electron chi connectivity index (χ1n) is 6.81. The molecule has 2 amide bonds. The van der Waals surface area contributed by atoms with Crippen LogP contribution in [0.5, 0.6) is 0 Å². The predicted octanol–water partition coefficient (Wildman–Crippen LogP) is 2.27.